The minimum Gasteiger partial charge on any atom is -0.497 e. The molecule has 0 bridgehead atoms. The van der Waals surface area contributed by atoms with Crippen LogP contribution in [0.5, 0.6) is 5.75 Å². The maximum absolute atomic E-state index is 12.8. The molecule has 27 heavy (non-hydrogen) atoms. The number of carbonyl (C=O) groups is 1. The van der Waals surface area contributed by atoms with Gasteiger partial charge in [-0.15, -0.1) is 0 Å². The van der Waals surface area contributed by atoms with Crippen molar-refractivity contribution >= 4 is 22.8 Å². The van der Waals surface area contributed by atoms with Crippen LogP contribution in [-0.2, 0) is 0 Å². The van der Waals surface area contributed by atoms with Crippen LogP contribution in [0.15, 0.2) is 55.0 Å². The van der Waals surface area contributed by atoms with Gasteiger partial charge in [0.1, 0.15) is 11.6 Å². The Morgan fingerprint density at radius 1 is 1.11 bits per heavy atom. The highest BCUT2D eigenvalue weighted by Gasteiger charge is 2.16. The predicted octanol–water partition coefficient (Wildman–Crippen LogP) is 3.59. The summed E-state index contributed by atoms with van der Waals surface area (Å²) in [4.78, 5) is 28.8. The molecule has 0 saturated carbocycles. The molecule has 0 aliphatic carbocycles. The smallest absolute Gasteiger partial charge is 0.258 e. The monoisotopic (exact) mass is 359 g/mol. The van der Waals surface area contributed by atoms with Crippen molar-refractivity contribution in [3.05, 3.63) is 66.1 Å². The number of aryl methyl sites for hydroxylation is 1. The number of hydrogen-bond donors (Lipinski definition) is 2. The Kier molecular flexibility index (Phi) is 4.25. The quantitative estimate of drug-likeness (QED) is 0.581. The minimum atomic E-state index is -0.247. The molecule has 0 atom stereocenters. The van der Waals surface area contributed by atoms with Crippen molar-refractivity contribution in [2.45, 2.75) is 6.92 Å². The number of anilines is 1. The van der Waals surface area contributed by atoms with E-state index >= 15 is 0 Å². The summed E-state index contributed by atoms with van der Waals surface area (Å²) >= 11 is 0. The third-order valence-corrected chi connectivity index (χ3v) is 4.29. The van der Waals surface area contributed by atoms with Crippen molar-refractivity contribution < 1.29 is 9.53 Å². The Bertz CT molecular complexity index is 1120. The lowest BCUT2D eigenvalue weighted by atomic mass is 10.2. The summed E-state index contributed by atoms with van der Waals surface area (Å²) in [5.41, 5.74) is 4.02. The van der Waals surface area contributed by atoms with E-state index in [1.54, 1.807) is 31.8 Å². The van der Waals surface area contributed by atoms with Crippen molar-refractivity contribution in [1.82, 2.24) is 19.9 Å². The molecule has 0 aliphatic heterocycles. The number of carbonyl (C=O) groups excluding carboxylic acids is 1. The number of aromatic nitrogens is 4. The van der Waals surface area contributed by atoms with E-state index in [4.69, 9.17) is 4.74 Å². The summed E-state index contributed by atoms with van der Waals surface area (Å²) in [5.74, 6) is 1.15. The molecule has 134 valence electrons. The van der Waals surface area contributed by atoms with Gasteiger partial charge in [-0.1, -0.05) is 0 Å². The minimum absolute atomic E-state index is 0.247. The number of imidazole rings is 1. The van der Waals surface area contributed by atoms with Crippen LogP contribution in [0, 0.1) is 6.92 Å². The molecule has 7 heteroatoms. The number of benzene rings is 1. The van der Waals surface area contributed by atoms with Gasteiger partial charge in [-0.05, 0) is 48.9 Å². The molecule has 7 nitrogen and oxygen atoms in total. The fourth-order valence-corrected chi connectivity index (χ4v) is 2.77. The zero-order valence-electron chi connectivity index (χ0n) is 14.9. The second-order valence-corrected chi connectivity index (χ2v) is 6.02. The SMILES string of the molecule is COc1ccc(-c2nc3nccc(C(=O)Nc4cnccc4C)c3[nH]2)cc1. The van der Waals surface area contributed by atoms with E-state index in [0.29, 0.717) is 28.2 Å². The lowest BCUT2D eigenvalue weighted by Gasteiger charge is -2.07. The number of aromatic amines is 1. The zero-order valence-corrected chi connectivity index (χ0v) is 14.9. The van der Waals surface area contributed by atoms with Gasteiger partial charge in [-0.3, -0.25) is 9.78 Å². The normalized spacial score (nSPS) is 10.7. The van der Waals surface area contributed by atoms with Crippen LogP contribution >= 0.6 is 0 Å². The molecule has 0 aliphatic rings. The van der Waals surface area contributed by atoms with E-state index in [0.717, 1.165) is 16.9 Å². The van der Waals surface area contributed by atoms with Crippen molar-refractivity contribution in [3.63, 3.8) is 0 Å². The van der Waals surface area contributed by atoms with E-state index < -0.39 is 0 Å². The largest absolute Gasteiger partial charge is 0.497 e. The van der Waals surface area contributed by atoms with Crippen LogP contribution in [0.25, 0.3) is 22.6 Å². The van der Waals surface area contributed by atoms with Crippen molar-refractivity contribution in [3.8, 4) is 17.1 Å². The van der Waals surface area contributed by atoms with Crippen LogP contribution in [-0.4, -0.2) is 33.0 Å². The van der Waals surface area contributed by atoms with Gasteiger partial charge in [0.15, 0.2) is 5.65 Å². The first kappa shape index (κ1) is 16.7. The molecule has 4 rings (SSSR count). The average molecular weight is 359 g/mol. The molecule has 3 aromatic heterocycles. The first-order chi connectivity index (χ1) is 13.2. The lowest BCUT2D eigenvalue weighted by Crippen LogP contribution is -2.13. The molecule has 1 amide bonds. The summed E-state index contributed by atoms with van der Waals surface area (Å²) in [7, 11) is 1.62. The molecule has 4 aromatic rings. The number of pyridine rings is 2. The maximum atomic E-state index is 12.8. The van der Waals surface area contributed by atoms with Crippen LogP contribution in [0.4, 0.5) is 5.69 Å². The Morgan fingerprint density at radius 2 is 1.93 bits per heavy atom. The van der Waals surface area contributed by atoms with E-state index in [2.05, 4.69) is 25.3 Å². The second-order valence-electron chi connectivity index (χ2n) is 6.02. The van der Waals surface area contributed by atoms with E-state index in [1.807, 2.05) is 37.3 Å². The molecule has 0 unspecified atom stereocenters. The summed E-state index contributed by atoms with van der Waals surface area (Å²) < 4.78 is 5.18. The second kappa shape index (κ2) is 6.87. The molecule has 3 heterocycles. The summed E-state index contributed by atoms with van der Waals surface area (Å²) in [5, 5.41) is 2.89. The number of rotatable bonds is 4. The highest BCUT2D eigenvalue weighted by Crippen LogP contribution is 2.24. The van der Waals surface area contributed by atoms with Crippen LogP contribution in [0.2, 0.25) is 0 Å². The third-order valence-electron chi connectivity index (χ3n) is 4.29. The van der Waals surface area contributed by atoms with Gasteiger partial charge in [-0.2, -0.15) is 0 Å². The molecule has 0 fully saturated rings. The number of amides is 1. The molecule has 0 radical (unpaired) electrons. The number of hydrogen-bond acceptors (Lipinski definition) is 5. The summed E-state index contributed by atoms with van der Waals surface area (Å²) in [6, 6.07) is 11.0. The van der Waals surface area contributed by atoms with Crippen LogP contribution in [0.3, 0.4) is 0 Å². The fraction of sp³-hybridized carbons (Fsp3) is 0.100. The molecule has 2 N–H and O–H groups in total. The molecule has 0 saturated heterocycles. The summed E-state index contributed by atoms with van der Waals surface area (Å²) in [6.07, 6.45) is 4.89. The highest BCUT2D eigenvalue weighted by molar-refractivity contribution is 6.11. The van der Waals surface area contributed by atoms with Gasteiger partial charge >= 0.3 is 0 Å². The van der Waals surface area contributed by atoms with E-state index in [1.165, 1.54) is 0 Å². The average Bonchev–Trinajstić information content (AvgIpc) is 3.14. The predicted molar refractivity (Wildman–Crippen MR) is 103 cm³/mol. The number of methoxy groups -OCH3 is 1. The first-order valence-electron chi connectivity index (χ1n) is 8.37. The van der Waals surface area contributed by atoms with Gasteiger partial charge in [0.05, 0.1) is 30.1 Å². The molecule has 1 aromatic carbocycles. The van der Waals surface area contributed by atoms with Gasteiger partial charge < -0.3 is 15.0 Å². The Morgan fingerprint density at radius 3 is 2.67 bits per heavy atom. The summed E-state index contributed by atoms with van der Waals surface area (Å²) in [6.45, 7) is 1.91. The lowest BCUT2D eigenvalue weighted by molar-refractivity contribution is 0.102. The van der Waals surface area contributed by atoms with Crippen molar-refractivity contribution in [2.75, 3.05) is 12.4 Å². The van der Waals surface area contributed by atoms with Gasteiger partial charge in [0.2, 0.25) is 0 Å². The molecular formula is C20H17N5O2. The van der Waals surface area contributed by atoms with Crippen LogP contribution in [0.1, 0.15) is 15.9 Å². The fourth-order valence-electron chi connectivity index (χ4n) is 2.77. The number of nitrogens with one attached hydrogen (secondary N) is 2. The molecule has 0 spiro atoms. The molecular weight excluding hydrogens is 342 g/mol. The standard InChI is InChI=1S/C20H17N5O2/c1-12-7-9-21-11-16(12)23-20(26)15-8-10-22-19-17(15)24-18(25-19)13-3-5-14(27-2)6-4-13/h3-11H,1-2H3,(H,23,26)(H,22,24,25). The number of fused-ring (bicyclic) bond motifs is 1. The first-order valence-corrected chi connectivity index (χ1v) is 8.37. The third kappa shape index (κ3) is 3.22. The van der Waals surface area contributed by atoms with Gasteiger partial charge in [0, 0.05) is 18.0 Å². The number of nitrogens with zero attached hydrogens (tertiary/aromatic N) is 3. The number of H-pyrrole nitrogens is 1. The van der Waals surface area contributed by atoms with E-state index in [9.17, 15) is 4.79 Å². The Hall–Kier alpha value is -3.74. The van der Waals surface area contributed by atoms with Crippen molar-refractivity contribution in [1.29, 1.82) is 0 Å². The number of ether oxygens (including phenoxy) is 1. The van der Waals surface area contributed by atoms with Crippen molar-refractivity contribution in [2.24, 2.45) is 0 Å². The van der Waals surface area contributed by atoms with Gasteiger partial charge in [-0.25, -0.2) is 9.97 Å². The topological polar surface area (TPSA) is 92.8 Å². The van der Waals surface area contributed by atoms with Crippen LogP contribution < -0.4 is 10.1 Å². The Labute approximate surface area is 155 Å². The Balaban J connectivity index is 1.70. The van der Waals surface area contributed by atoms with E-state index in [-0.39, 0.29) is 5.91 Å². The maximum Gasteiger partial charge on any atom is 0.258 e. The highest BCUT2D eigenvalue weighted by atomic mass is 16.5. The zero-order chi connectivity index (χ0) is 18.8. The van der Waals surface area contributed by atoms with Gasteiger partial charge in [0.25, 0.3) is 5.91 Å².